The number of carbonyl (C=O) groups is 1. The van der Waals surface area contributed by atoms with Crippen LogP contribution in [-0.2, 0) is 4.79 Å². The molecule has 0 saturated carbocycles. The van der Waals surface area contributed by atoms with E-state index in [-0.39, 0.29) is 16.9 Å². The molecule has 1 aliphatic carbocycles. The fourth-order valence-corrected chi connectivity index (χ4v) is 4.21. The van der Waals surface area contributed by atoms with Crippen molar-refractivity contribution in [2.45, 2.75) is 32.7 Å². The molecule has 0 spiro atoms. The number of phenolic OH excluding ortho intramolecular Hbond substituents is 1. The first-order valence-corrected chi connectivity index (χ1v) is 9.64. The lowest BCUT2D eigenvalue weighted by molar-refractivity contribution is -0.386. The standard InChI is InChI=1S/C22H23N3O5/c1-22(2)10-15-19(17(26)11-22)20(24-14-7-5-4-6-13(14)23-15)12-8-16(25(28)29)21(27)18(9-12)30-3/h4-9,20,23-24,27H,10-11H2,1-3H3/t20-/m0/s1. The molecule has 0 aromatic heterocycles. The monoisotopic (exact) mass is 409 g/mol. The number of phenols is 1. The molecular formula is C22H23N3O5. The highest BCUT2D eigenvalue weighted by Gasteiger charge is 2.39. The normalized spacial score (nSPS) is 19.7. The number of carbonyl (C=O) groups excluding carboxylic acids is 1. The fourth-order valence-electron chi connectivity index (χ4n) is 4.21. The maximum Gasteiger partial charge on any atom is 0.315 e. The lowest BCUT2D eigenvalue weighted by atomic mass is 9.73. The maximum atomic E-state index is 13.2. The van der Waals surface area contributed by atoms with Gasteiger partial charge in [-0.15, -0.1) is 0 Å². The van der Waals surface area contributed by atoms with Gasteiger partial charge in [-0.05, 0) is 35.6 Å². The Kier molecular flexibility index (Phi) is 4.64. The van der Waals surface area contributed by atoms with E-state index in [0.717, 1.165) is 17.1 Å². The van der Waals surface area contributed by atoms with Crippen molar-refractivity contribution in [1.82, 2.24) is 0 Å². The van der Waals surface area contributed by atoms with E-state index in [4.69, 9.17) is 4.74 Å². The van der Waals surface area contributed by atoms with Gasteiger partial charge in [-0.25, -0.2) is 0 Å². The first-order valence-electron chi connectivity index (χ1n) is 9.64. The molecule has 30 heavy (non-hydrogen) atoms. The minimum absolute atomic E-state index is 0.0165. The number of hydrogen-bond acceptors (Lipinski definition) is 7. The summed E-state index contributed by atoms with van der Waals surface area (Å²) in [7, 11) is 1.33. The number of methoxy groups -OCH3 is 1. The van der Waals surface area contributed by atoms with Crippen LogP contribution in [0.1, 0.15) is 38.3 Å². The van der Waals surface area contributed by atoms with Gasteiger partial charge in [0.1, 0.15) is 0 Å². The van der Waals surface area contributed by atoms with Crippen LogP contribution >= 0.6 is 0 Å². The number of rotatable bonds is 3. The van der Waals surface area contributed by atoms with E-state index in [0.29, 0.717) is 24.0 Å². The van der Waals surface area contributed by atoms with Crippen LogP contribution in [0.2, 0.25) is 0 Å². The molecule has 1 heterocycles. The highest BCUT2D eigenvalue weighted by molar-refractivity contribution is 6.01. The molecule has 0 fully saturated rings. The zero-order chi connectivity index (χ0) is 21.6. The summed E-state index contributed by atoms with van der Waals surface area (Å²) in [6.07, 6.45) is 1.04. The molecule has 156 valence electrons. The van der Waals surface area contributed by atoms with E-state index in [1.54, 1.807) is 0 Å². The van der Waals surface area contributed by atoms with Crippen molar-refractivity contribution >= 4 is 22.8 Å². The van der Waals surface area contributed by atoms with Crippen molar-refractivity contribution in [2.24, 2.45) is 5.41 Å². The molecule has 0 bridgehead atoms. The minimum atomic E-state index is -0.661. The van der Waals surface area contributed by atoms with Crippen LogP contribution in [0.4, 0.5) is 17.1 Å². The van der Waals surface area contributed by atoms with Gasteiger partial charge in [0.2, 0.25) is 5.75 Å². The van der Waals surface area contributed by atoms with E-state index in [1.165, 1.54) is 19.2 Å². The van der Waals surface area contributed by atoms with E-state index >= 15 is 0 Å². The van der Waals surface area contributed by atoms with Crippen LogP contribution in [0.3, 0.4) is 0 Å². The first-order chi connectivity index (χ1) is 14.2. The number of nitrogens with one attached hydrogen (secondary N) is 2. The number of nitro benzene ring substituents is 1. The van der Waals surface area contributed by atoms with Gasteiger partial charge in [0, 0.05) is 23.8 Å². The number of aromatic hydroxyl groups is 1. The van der Waals surface area contributed by atoms with Gasteiger partial charge in [0.15, 0.2) is 11.5 Å². The van der Waals surface area contributed by atoms with Crippen LogP contribution in [0.5, 0.6) is 11.5 Å². The number of para-hydroxylation sites is 2. The van der Waals surface area contributed by atoms with Gasteiger partial charge in [0.25, 0.3) is 0 Å². The van der Waals surface area contributed by atoms with E-state index < -0.39 is 22.4 Å². The molecular weight excluding hydrogens is 386 g/mol. The molecule has 8 nitrogen and oxygen atoms in total. The second-order valence-electron chi connectivity index (χ2n) is 8.43. The molecule has 0 saturated heterocycles. The smallest absolute Gasteiger partial charge is 0.315 e. The van der Waals surface area contributed by atoms with E-state index in [1.807, 2.05) is 38.1 Å². The SMILES string of the molecule is COc1cc([C@@H]2Nc3ccccc3NC3=C2C(=O)CC(C)(C)C3)cc([N+](=O)[O-])c1O. The number of anilines is 2. The largest absolute Gasteiger partial charge is 0.500 e. The molecule has 0 amide bonds. The topological polar surface area (TPSA) is 114 Å². The summed E-state index contributed by atoms with van der Waals surface area (Å²) in [6.45, 7) is 4.09. The van der Waals surface area contributed by atoms with Crippen molar-refractivity contribution in [3.8, 4) is 11.5 Å². The van der Waals surface area contributed by atoms with Crippen LogP contribution in [0, 0.1) is 15.5 Å². The Morgan fingerprint density at radius 1 is 1.20 bits per heavy atom. The second kappa shape index (κ2) is 7.05. The number of allylic oxidation sites excluding steroid dienone is 1. The third kappa shape index (κ3) is 3.34. The molecule has 2 aromatic rings. The average molecular weight is 409 g/mol. The molecule has 0 radical (unpaired) electrons. The molecule has 2 aliphatic rings. The molecule has 4 rings (SSSR count). The summed E-state index contributed by atoms with van der Waals surface area (Å²) < 4.78 is 5.17. The number of nitro groups is 1. The van der Waals surface area contributed by atoms with Crippen molar-refractivity contribution in [1.29, 1.82) is 0 Å². The highest BCUT2D eigenvalue weighted by Crippen LogP contribution is 2.47. The lowest BCUT2D eigenvalue weighted by Gasteiger charge is -2.34. The van der Waals surface area contributed by atoms with E-state index in [2.05, 4.69) is 10.6 Å². The molecule has 1 atom stereocenters. The Morgan fingerprint density at radius 2 is 1.90 bits per heavy atom. The third-order valence-corrected chi connectivity index (χ3v) is 5.55. The molecule has 1 aliphatic heterocycles. The van der Waals surface area contributed by atoms with E-state index in [9.17, 15) is 20.0 Å². The van der Waals surface area contributed by atoms with Crippen molar-refractivity contribution in [3.63, 3.8) is 0 Å². The predicted molar refractivity (Wildman–Crippen MR) is 113 cm³/mol. The van der Waals surface area contributed by atoms with Crippen LogP contribution in [0.15, 0.2) is 47.7 Å². The van der Waals surface area contributed by atoms with Crippen LogP contribution in [-0.4, -0.2) is 22.9 Å². The summed E-state index contributed by atoms with van der Waals surface area (Å²) in [5.41, 5.74) is 2.75. The molecule has 8 heteroatoms. The fraction of sp³-hybridized carbons (Fsp3) is 0.318. The number of Topliss-reactive ketones (excluding diaryl/α,β-unsaturated/α-hetero) is 1. The van der Waals surface area contributed by atoms with Crippen molar-refractivity contribution in [3.05, 3.63) is 63.3 Å². The number of ether oxygens (including phenoxy) is 1. The summed E-state index contributed by atoms with van der Waals surface area (Å²) in [6, 6.07) is 9.77. The maximum absolute atomic E-state index is 13.2. The zero-order valence-electron chi connectivity index (χ0n) is 17.0. The van der Waals surface area contributed by atoms with Crippen LogP contribution < -0.4 is 15.4 Å². The molecule has 0 unspecified atom stereocenters. The number of ketones is 1. The van der Waals surface area contributed by atoms with Gasteiger partial charge >= 0.3 is 5.69 Å². The minimum Gasteiger partial charge on any atom is -0.500 e. The number of nitrogens with zero attached hydrogens (tertiary/aromatic N) is 1. The number of fused-ring (bicyclic) bond motifs is 1. The van der Waals surface area contributed by atoms with Gasteiger partial charge in [-0.2, -0.15) is 0 Å². The first kappa shape index (κ1) is 19.8. The number of hydrogen-bond donors (Lipinski definition) is 3. The quantitative estimate of drug-likeness (QED) is 0.504. The summed E-state index contributed by atoms with van der Waals surface area (Å²) in [4.78, 5) is 24.1. The lowest BCUT2D eigenvalue weighted by Crippen LogP contribution is -2.31. The van der Waals surface area contributed by atoms with Gasteiger partial charge in [-0.1, -0.05) is 26.0 Å². The average Bonchev–Trinajstić information content (AvgIpc) is 2.83. The highest BCUT2D eigenvalue weighted by atomic mass is 16.6. The van der Waals surface area contributed by atoms with Crippen molar-refractivity contribution < 1.29 is 19.6 Å². The Morgan fingerprint density at radius 3 is 2.57 bits per heavy atom. The van der Waals surface area contributed by atoms with Gasteiger partial charge in [-0.3, -0.25) is 14.9 Å². The van der Waals surface area contributed by atoms with Crippen molar-refractivity contribution in [2.75, 3.05) is 17.7 Å². The Hall–Kier alpha value is -3.55. The van der Waals surface area contributed by atoms with Crippen LogP contribution in [0.25, 0.3) is 0 Å². The Balaban J connectivity index is 1.94. The summed E-state index contributed by atoms with van der Waals surface area (Å²) in [5, 5.41) is 28.4. The van der Waals surface area contributed by atoms with Gasteiger partial charge < -0.3 is 20.5 Å². The molecule has 2 aromatic carbocycles. The number of benzene rings is 2. The second-order valence-corrected chi connectivity index (χ2v) is 8.43. The third-order valence-electron chi connectivity index (χ3n) is 5.55. The predicted octanol–water partition coefficient (Wildman–Crippen LogP) is 4.53. The molecule has 3 N–H and O–H groups in total. The van der Waals surface area contributed by atoms with Gasteiger partial charge in [0.05, 0.1) is 29.4 Å². The Bertz CT molecular complexity index is 1090. The summed E-state index contributed by atoms with van der Waals surface area (Å²) >= 11 is 0. The zero-order valence-corrected chi connectivity index (χ0v) is 17.0. The summed E-state index contributed by atoms with van der Waals surface area (Å²) in [5.74, 6) is -0.574. The Labute approximate surface area is 173 Å².